The van der Waals surface area contributed by atoms with Gasteiger partial charge in [-0.3, -0.25) is 14.5 Å². The maximum Gasteiger partial charge on any atom is 0.261 e. The van der Waals surface area contributed by atoms with Crippen LogP contribution >= 0.6 is 11.6 Å². The molecule has 3 atom stereocenters. The number of nitrogens with zero attached hydrogens (tertiary/aromatic N) is 1. The molecule has 1 aliphatic carbocycles. The zero-order chi connectivity index (χ0) is 25.1. The molecule has 188 valence electrons. The number of piperidine rings is 1. The molecule has 0 radical (unpaired) electrons. The summed E-state index contributed by atoms with van der Waals surface area (Å²) in [7, 11) is 0. The molecular formula is C29H32ClN3O3. The van der Waals surface area contributed by atoms with Crippen molar-refractivity contribution in [2.24, 2.45) is 5.92 Å². The Morgan fingerprint density at radius 2 is 1.81 bits per heavy atom. The van der Waals surface area contributed by atoms with E-state index in [0.29, 0.717) is 18.0 Å². The molecule has 5 rings (SSSR count). The molecule has 1 aromatic heterocycles. The number of aliphatic hydroxyl groups is 1. The number of benzene rings is 2. The number of pyridine rings is 1. The van der Waals surface area contributed by atoms with Crippen molar-refractivity contribution in [3.05, 3.63) is 104 Å². The minimum absolute atomic E-state index is 0.0819. The summed E-state index contributed by atoms with van der Waals surface area (Å²) in [6.45, 7) is 1.58. The maximum atomic E-state index is 12.8. The number of hydrogen-bond donors (Lipinski definition) is 3. The number of halogens is 1. The lowest BCUT2D eigenvalue weighted by Gasteiger charge is -2.52. The van der Waals surface area contributed by atoms with Crippen LogP contribution in [0.1, 0.15) is 59.3 Å². The number of hydrogen-bond acceptors (Lipinski definition) is 4. The summed E-state index contributed by atoms with van der Waals surface area (Å²) in [5.74, 6) is -0.273. The topological polar surface area (TPSA) is 85.4 Å². The van der Waals surface area contributed by atoms with Crippen LogP contribution in [0.2, 0.25) is 5.02 Å². The van der Waals surface area contributed by atoms with Gasteiger partial charge in [0, 0.05) is 42.3 Å². The number of fused-ring (bicyclic) bond motifs is 1. The molecule has 2 fully saturated rings. The molecule has 2 aliphatic rings. The van der Waals surface area contributed by atoms with Gasteiger partial charge in [-0.15, -0.1) is 0 Å². The third kappa shape index (κ3) is 4.99. The Morgan fingerprint density at radius 1 is 1.06 bits per heavy atom. The lowest BCUT2D eigenvalue weighted by Crippen LogP contribution is -2.57. The first-order valence-corrected chi connectivity index (χ1v) is 13.1. The van der Waals surface area contributed by atoms with Crippen LogP contribution in [0, 0.1) is 5.92 Å². The largest absolute Gasteiger partial charge is 0.385 e. The van der Waals surface area contributed by atoms with Crippen LogP contribution in [0.25, 0.3) is 0 Å². The van der Waals surface area contributed by atoms with E-state index in [1.54, 1.807) is 12.1 Å². The minimum Gasteiger partial charge on any atom is -0.385 e. The summed E-state index contributed by atoms with van der Waals surface area (Å²) in [4.78, 5) is 30.7. The van der Waals surface area contributed by atoms with Crippen molar-refractivity contribution in [3.8, 4) is 0 Å². The van der Waals surface area contributed by atoms with Gasteiger partial charge in [-0.1, -0.05) is 73.0 Å². The van der Waals surface area contributed by atoms with Gasteiger partial charge in [0.25, 0.3) is 11.5 Å². The standard InChI is InChI=1S/C29H32ClN3O3/c30-25-12-6-4-8-20(25)18-31-27(34)23-15-14-22(32-28(23)35)19-33-17-16-29(36,21-9-2-1-3-10-21)24-11-5-7-13-26(24)33/h1-4,6,8-10,12,14-15,24,26,36H,5,7,11,13,16-19H2,(H,31,34)(H,32,35)/t24-,26-,29+/m0/s1. The molecule has 1 saturated heterocycles. The summed E-state index contributed by atoms with van der Waals surface area (Å²) in [5.41, 5.74) is 1.43. The van der Waals surface area contributed by atoms with E-state index in [9.17, 15) is 14.7 Å². The number of H-pyrrole nitrogens is 1. The van der Waals surface area contributed by atoms with E-state index in [-0.39, 0.29) is 24.1 Å². The monoisotopic (exact) mass is 505 g/mol. The Hall–Kier alpha value is -2.93. The highest BCUT2D eigenvalue weighted by atomic mass is 35.5. The molecular weight excluding hydrogens is 474 g/mol. The molecule has 2 heterocycles. The average molecular weight is 506 g/mol. The highest BCUT2D eigenvalue weighted by molar-refractivity contribution is 6.31. The molecule has 6 nitrogen and oxygen atoms in total. The minimum atomic E-state index is -0.820. The van der Waals surface area contributed by atoms with Crippen molar-refractivity contribution in [3.63, 3.8) is 0 Å². The van der Waals surface area contributed by atoms with E-state index >= 15 is 0 Å². The first kappa shape index (κ1) is 24.8. The third-order valence-corrected chi connectivity index (χ3v) is 8.22. The van der Waals surface area contributed by atoms with Gasteiger partial charge in [-0.25, -0.2) is 0 Å². The fraction of sp³-hybridized carbons (Fsp3) is 0.379. The number of carbonyl (C=O) groups excluding carboxylic acids is 1. The van der Waals surface area contributed by atoms with E-state index in [0.717, 1.165) is 49.0 Å². The van der Waals surface area contributed by atoms with E-state index in [4.69, 9.17) is 11.6 Å². The van der Waals surface area contributed by atoms with Crippen LogP contribution in [0.4, 0.5) is 0 Å². The number of carbonyl (C=O) groups is 1. The zero-order valence-corrected chi connectivity index (χ0v) is 21.0. The zero-order valence-electron chi connectivity index (χ0n) is 20.3. The SMILES string of the molecule is O=C(NCc1ccccc1Cl)c1ccc(CN2CC[C@@](O)(c3ccccc3)[C@H]3CCCC[C@@H]32)[nH]c1=O. The van der Waals surface area contributed by atoms with Crippen molar-refractivity contribution in [2.75, 3.05) is 6.54 Å². The third-order valence-electron chi connectivity index (χ3n) is 7.85. The Kier molecular flexibility index (Phi) is 7.28. The molecule has 3 N–H and O–H groups in total. The second-order valence-corrected chi connectivity index (χ2v) is 10.4. The molecule has 36 heavy (non-hydrogen) atoms. The number of likely N-dealkylation sites (tertiary alicyclic amines) is 1. The van der Waals surface area contributed by atoms with Crippen LogP contribution in [-0.2, 0) is 18.7 Å². The van der Waals surface area contributed by atoms with Gasteiger partial charge < -0.3 is 15.4 Å². The number of aromatic amines is 1. The molecule has 7 heteroatoms. The first-order valence-electron chi connectivity index (χ1n) is 12.7. The van der Waals surface area contributed by atoms with Crippen LogP contribution < -0.4 is 10.9 Å². The quantitative estimate of drug-likeness (QED) is 0.456. The van der Waals surface area contributed by atoms with Crippen molar-refractivity contribution >= 4 is 17.5 Å². The molecule has 0 spiro atoms. The van der Waals surface area contributed by atoms with Gasteiger partial charge in [0.2, 0.25) is 0 Å². The van der Waals surface area contributed by atoms with Crippen LogP contribution in [0.3, 0.4) is 0 Å². The lowest BCUT2D eigenvalue weighted by molar-refractivity contribution is -0.123. The molecule has 1 aliphatic heterocycles. The van der Waals surface area contributed by atoms with Gasteiger partial charge in [0.05, 0.1) is 5.60 Å². The first-order chi connectivity index (χ1) is 17.5. The molecule has 2 aromatic carbocycles. The summed E-state index contributed by atoms with van der Waals surface area (Å²) in [6, 6.07) is 21.0. The fourth-order valence-electron chi connectivity index (χ4n) is 5.97. The Balaban J connectivity index is 1.28. The molecule has 1 amide bonds. The molecule has 3 aromatic rings. The molecule has 0 bridgehead atoms. The van der Waals surface area contributed by atoms with E-state index in [2.05, 4.69) is 15.2 Å². The highest BCUT2D eigenvalue weighted by Gasteiger charge is 2.48. The van der Waals surface area contributed by atoms with Gasteiger partial charge in [0.1, 0.15) is 5.56 Å². The second kappa shape index (κ2) is 10.6. The number of amides is 1. The van der Waals surface area contributed by atoms with Crippen molar-refractivity contribution < 1.29 is 9.90 Å². The Morgan fingerprint density at radius 3 is 2.58 bits per heavy atom. The Bertz CT molecular complexity index is 1280. The van der Waals surface area contributed by atoms with Crippen molar-refractivity contribution in [1.82, 2.24) is 15.2 Å². The predicted molar refractivity (Wildman–Crippen MR) is 141 cm³/mol. The lowest BCUT2D eigenvalue weighted by atomic mass is 9.66. The number of rotatable bonds is 6. The summed E-state index contributed by atoms with van der Waals surface area (Å²) < 4.78 is 0. The van der Waals surface area contributed by atoms with E-state index < -0.39 is 17.1 Å². The number of aromatic nitrogens is 1. The van der Waals surface area contributed by atoms with Gasteiger partial charge in [0.15, 0.2) is 0 Å². The van der Waals surface area contributed by atoms with Gasteiger partial charge in [-0.2, -0.15) is 0 Å². The normalized spacial score (nSPS) is 24.2. The summed E-state index contributed by atoms with van der Waals surface area (Å²) in [5, 5.41) is 15.1. The van der Waals surface area contributed by atoms with E-state index in [1.165, 1.54) is 0 Å². The highest BCUT2D eigenvalue weighted by Crippen LogP contribution is 2.47. The van der Waals surface area contributed by atoms with Crippen LogP contribution in [-0.4, -0.2) is 33.5 Å². The maximum absolute atomic E-state index is 12.8. The molecule has 1 saturated carbocycles. The predicted octanol–water partition coefficient (Wildman–Crippen LogP) is 4.61. The fourth-order valence-corrected chi connectivity index (χ4v) is 6.17. The second-order valence-electron chi connectivity index (χ2n) is 9.97. The number of nitrogens with one attached hydrogen (secondary N) is 2. The summed E-state index contributed by atoms with van der Waals surface area (Å²) >= 11 is 6.16. The van der Waals surface area contributed by atoms with Crippen molar-refractivity contribution in [2.45, 2.75) is 56.8 Å². The van der Waals surface area contributed by atoms with Crippen molar-refractivity contribution in [1.29, 1.82) is 0 Å². The smallest absolute Gasteiger partial charge is 0.261 e. The summed E-state index contributed by atoms with van der Waals surface area (Å²) in [6.07, 6.45) is 4.95. The average Bonchev–Trinajstić information content (AvgIpc) is 2.90. The van der Waals surface area contributed by atoms with Gasteiger partial charge in [-0.05, 0) is 48.6 Å². The Labute approximate surface area is 216 Å². The van der Waals surface area contributed by atoms with Crippen LogP contribution in [0.15, 0.2) is 71.5 Å². The van der Waals surface area contributed by atoms with Gasteiger partial charge >= 0.3 is 0 Å². The van der Waals surface area contributed by atoms with Crippen LogP contribution in [0.5, 0.6) is 0 Å². The van der Waals surface area contributed by atoms with E-state index in [1.807, 2.05) is 54.6 Å². The molecule has 0 unspecified atom stereocenters.